The Labute approximate surface area is 158 Å². The van der Waals surface area contributed by atoms with Gasteiger partial charge in [0.25, 0.3) is 0 Å². The van der Waals surface area contributed by atoms with Gasteiger partial charge in [-0.2, -0.15) is 4.31 Å². The SMILES string of the molecule is O=C(C1CCCC1)N1CCN(S(=O)(=O)Cc2ccc(Cl)c(Cl)c2)CC1. The van der Waals surface area contributed by atoms with Gasteiger partial charge in [0, 0.05) is 32.1 Å². The summed E-state index contributed by atoms with van der Waals surface area (Å²) in [5.74, 6) is 0.221. The molecule has 0 unspecified atom stereocenters. The van der Waals surface area contributed by atoms with Crippen LogP contribution in [0, 0.1) is 5.92 Å². The Morgan fingerprint density at radius 3 is 2.28 bits per heavy atom. The fourth-order valence-electron chi connectivity index (χ4n) is 3.55. The predicted molar refractivity (Wildman–Crippen MR) is 99.2 cm³/mol. The van der Waals surface area contributed by atoms with Gasteiger partial charge in [-0.05, 0) is 30.5 Å². The van der Waals surface area contributed by atoms with Crippen molar-refractivity contribution in [3.05, 3.63) is 33.8 Å². The van der Waals surface area contributed by atoms with Crippen LogP contribution in [0.1, 0.15) is 31.2 Å². The number of rotatable bonds is 4. The van der Waals surface area contributed by atoms with Gasteiger partial charge in [-0.3, -0.25) is 4.79 Å². The molecule has 1 saturated carbocycles. The van der Waals surface area contributed by atoms with Gasteiger partial charge >= 0.3 is 0 Å². The molecule has 3 rings (SSSR count). The van der Waals surface area contributed by atoms with Gasteiger partial charge in [0.05, 0.1) is 15.8 Å². The van der Waals surface area contributed by atoms with Crippen LogP contribution in [-0.4, -0.2) is 49.7 Å². The summed E-state index contributed by atoms with van der Waals surface area (Å²) in [6, 6.07) is 4.86. The van der Waals surface area contributed by atoms with Crippen LogP contribution in [-0.2, 0) is 20.6 Å². The lowest BCUT2D eigenvalue weighted by Gasteiger charge is -2.35. The average molecular weight is 405 g/mol. The molecule has 0 aromatic heterocycles. The summed E-state index contributed by atoms with van der Waals surface area (Å²) in [5, 5.41) is 0.753. The number of nitrogens with zero attached hydrogens (tertiary/aromatic N) is 2. The number of piperazine rings is 1. The molecule has 0 bridgehead atoms. The number of benzene rings is 1. The van der Waals surface area contributed by atoms with Crippen LogP contribution in [0.2, 0.25) is 10.0 Å². The molecule has 1 amide bonds. The van der Waals surface area contributed by atoms with Crippen molar-refractivity contribution in [3.63, 3.8) is 0 Å². The number of hydrogen-bond acceptors (Lipinski definition) is 3. The topological polar surface area (TPSA) is 57.7 Å². The van der Waals surface area contributed by atoms with E-state index in [4.69, 9.17) is 23.2 Å². The van der Waals surface area contributed by atoms with Crippen molar-refractivity contribution in [1.29, 1.82) is 0 Å². The van der Waals surface area contributed by atoms with Crippen molar-refractivity contribution in [2.24, 2.45) is 5.92 Å². The zero-order valence-electron chi connectivity index (χ0n) is 14.0. The van der Waals surface area contributed by atoms with E-state index in [2.05, 4.69) is 0 Å². The molecule has 8 heteroatoms. The van der Waals surface area contributed by atoms with E-state index in [9.17, 15) is 13.2 Å². The van der Waals surface area contributed by atoms with E-state index in [1.165, 1.54) is 4.31 Å². The maximum Gasteiger partial charge on any atom is 0.225 e. The third kappa shape index (κ3) is 4.48. The van der Waals surface area contributed by atoms with E-state index in [0.29, 0.717) is 41.8 Å². The number of carbonyl (C=O) groups is 1. The molecule has 0 radical (unpaired) electrons. The second-order valence-electron chi connectivity index (χ2n) is 6.71. The summed E-state index contributed by atoms with van der Waals surface area (Å²) in [6.07, 6.45) is 4.17. The Hall–Kier alpha value is -0.820. The maximum atomic E-state index is 12.6. The van der Waals surface area contributed by atoms with Gasteiger partial charge < -0.3 is 4.90 Å². The molecule has 1 heterocycles. The van der Waals surface area contributed by atoms with Crippen molar-refractivity contribution in [3.8, 4) is 0 Å². The average Bonchev–Trinajstić information content (AvgIpc) is 3.12. The van der Waals surface area contributed by atoms with Gasteiger partial charge in [-0.25, -0.2) is 8.42 Å². The zero-order valence-corrected chi connectivity index (χ0v) is 16.3. The summed E-state index contributed by atoms with van der Waals surface area (Å²) in [7, 11) is -3.44. The van der Waals surface area contributed by atoms with E-state index < -0.39 is 10.0 Å². The molecule has 1 aliphatic carbocycles. The summed E-state index contributed by atoms with van der Waals surface area (Å²) in [5.41, 5.74) is 0.610. The molecule has 25 heavy (non-hydrogen) atoms. The standard InChI is InChI=1S/C17H22Cl2N2O3S/c18-15-6-5-13(11-16(15)19)12-25(23,24)21-9-7-20(8-10-21)17(22)14-3-1-2-4-14/h5-6,11,14H,1-4,7-10,12H2. The molecule has 0 N–H and O–H groups in total. The molecular weight excluding hydrogens is 383 g/mol. The molecule has 2 fully saturated rings. The van der Waals surface area contributed by atoms with Crippen LogP contribution in [0.3, 0.4) is 0 Å². The van der Waals surface area contributed by atoms with Crippen LogP contribution < -0.4 is 0 Å². The summed E-state index contributed by atoms with van der Waals surface area (Å²) in [4.78, 5) is 14.3. The zero-order chi connectivity index (χ0) is 18.0. The molecule has 1 aromatic rings. The molecule has 2 aliphatic rings. The number of hydrogen-bond donors (Lipinski definition) is 0. The van der Waals surface area contributed by atoms with E-state index in [1.807, 2.05) is 4.90 Å². The number of amides is 1. The highest BCUT2D eigenvalue weighted by Gasteiger charge is 2.32. The second kappa shape index (κ2) is 7.82. The van der Waals surface area contributed by atoms with Crippen molar-refractivity contribution in [1.82, 2.24) is 9.21 Å². The van der Waals surface area contributed by atoms with E-state index in [0.717, 1.165) is 25.7 Å². The highest BCUT2D eigenvalue weighted by Crippen LogP contribution is 2.27. The molecule has 1 aromatic carbocycles. The molecule has 5 nitrogen and oxygen atoms in total. The molecule has 0 spiro atoms. The van der Waals surface area contributed by atoms with Crippen molar-refractivity contribution in [2.75, 3.05) is 26.2 Å². The molecule has 138 valence electrons. The normalized spacial score (nSPS) is 20.2. The third-order valence-electron chi connectivity index (χ3n) is 4.98. The van der Waals surface area contributed by atoms with Crippen molar-refractivity contribution >= 4 is 39.1 Å². The molecular formula is C17H22Cl2N2O3S. The predicted octanol–water partition coefficient (Wildman–Crippen LogP) is 3.16. The van der Waals surface area contributed by atoms with Gasteiger partial charge in [-0.15, -0.1) is 0 Å². The van der Waals surface area contributed by atoms with Gasteiger partial charge in [0.1, 0.15) is 0 Å². The lowest BCUT2D eigenvalue weighted by atomic mass is 10.1. The second-order valence-corrected chi connectivity index (χ2v) is 9.49. The fourth-order valence-corrected chi connectivity index (χ4v) is 5.37. The first kappa shape index (κ1) is 19.0. The maximum absolute atomic E-state index is 12.6. The number of sulfonamides is 1. The van der Waals surface area contributed by atoms with Crippen LogP contribution >= 0.6 is 23.2 Å². The Balaban J connectivity index is 1.59. The van der Waals surface area contributed by atoms with Crippen molar-refractivity contribution < 1.29 is 13.2 Å². The van der Waals surface area contributed by atoms with E-state index in [1.54, 1.807) is 18.2 Å². The first-order valence-electron chi connectivity index (χ1n) is 8.57. The smallest absolute Gasteiger partial charge is 0.225 e. The highest BCUT2D eigenvalue weighted by molar-refractivity contribution is 7.88. The number of halogens is 2. The largest absolute Gasteiger partial charge is 0.340 e. The van der Waals surface area contributed by atoms with Crippen LogP contribution in [0.4, 0.5) is 0 Å². The minimum Gasteiger partial charge on any atom is -0.340 e. The summed E-state index contributed by atoms with van der Waals surface area (Å²) >= 11 is 11.8. The van der Waals surface area contributed by atoms with Gasteiger partial charge in [0.2, 0.25) is 15.9 Å². The Morgan fingerprint density at radius 2 is 1.68 bits per heavy atom. The Bertz CT molecular complexity index is 740. The molecule has 0 atom stereocenters. The Morgan fingerprint density at radius 1 is 1.04 bits per heavy atom. The summed E-state index contributed by atoms with van der Waals surface area (Å²) < 4.78 is 26.7. The van der Waals surface area contributed by atoms with E-state index >= 15 is 0 Å². The van der Waals surface area contributed by atoms with Gasteiger partial charge in [0.15, 0.2) is 0 Å². The highest BCUT2D eigenvalue weighted by atomic mass is 35.5. The van der Waals surface area contributed by atoms with Crippen LogP contribution in [0.5, 0.6) is 0 Å². The first-order valence-corrected chi connectivity index (χ1v) is 10.9. The monoisotopic (exact) mass is 404 g/mol. The molecule has 1 aliphatic heterocycles. The first-order chi connectivity index (χ1) is 11.9. The quantitative estimate of drug-likeness (QED) is 0.773. The minimum absolute atomic E-state index is 0.111. The molecule has 1 saturated heterocycles. The van der Waals surface area contributed by atoms with Crippen molar-refractivity contribution in [2.45, 2.75) is 31.4 Å². The number of carbonyl (C=O) groups excluding carboxylic acids is 1. The van der Waals surface area contributed by atoms with Gasteiger partial charge in [-0.1, -0.05) is 42.1 Å². The van der Waals surface area contributed by atoms with Crippen LogP contribution in [0.15, 0.2) is 18.2 Å². The minimum atomic E-state index is -3.44. The lowest BCUT2D eigenvalue weighted by molar-refractivity contribution is -0.136. The Kier molecular flexibility index (Phi) is 5.93. The van der Waals surface area contributed by atoms with E-state index in [-0.39, 0.29) is 17.6 Å². The lowest BCUT2D eigenvalue weighted by Crippen LogP contribution is -2.51. The fraction of sp³-hybridized carbons (Fsp3) is 0.588. The third-order valence-corrected chi connectivity index (χ3v) is 7.57. The van der Waals surface area contributed by atoms with Crippen LogP contribution in [0.25, 0.3) is 0 Å². The summed E-state index contributed by atoms with van der Waals surface area (Å²) in [6.45, 7) is 1.64.